The van der Waals surface area contributed by atoms with Crippen LogP contribution in [0, 0.1) is 0 Å². The number of halogens is 1. The van der Waals surface area contributed by atoms with Crippen LogP contribution in [0.2, 0.25) is 0 Å². The number of β-amino-alcohol motifs (C(OH)–C–C–N with tert-alkyl or cyclic N) is 1. The molecule has 0 aliphatic carbocycles. The molecule has 1 amide bonds. The Balaban J connectivity index is 1.39. The number of carbonyl (C=O) groups excluding carboxylic acids is 1. The van der Waals surface area contributed by atoms with Crippen LogP contribution in [0.4, 0.5) is 11.4 Å². The number of hydrogen-bond donors (Lipinski definition) is 2. The monoisotopic (exact) mass is 485 g/mol. The average Bonchev–Trinajstić information content (AvgIpc) is 3.55. The van der Waals surface area contributed by atoms with Gasteiger partial charge in [-0.05, 0) is 66.1 Å². The summed E-state index contributed by atoms with van der Waals surface area (Å²) >= 11 is 6.33. The van der Waals surface area contributed by atoms with Gasteiger partial charge in [-0.2, -0.15) is 0 Å². The zero-order chi connectivity index (χ0) is 24.3. The molecule has 1 saturated heterocycles. The van der Waals surface area contributed by atoms with E-state index in [0.29, 0.717) is 23.4 Å². The molecule has 7 heteroatoms. The summed E-state index contributed by atoms with van der Waals surface area (Å²) in [5.41, 5.74) is 5.91. The Morgan fingerprint density at radius 3 is 2.51 bits per heavy atom. The number of aliphatic hydroxyl groups excluding tert-OH is 2. The molecule has 3 heterocycles. The first-order valence-electron chi connectivity index (χ1n) is 11.6. The molecule has 2 aliphatic rings. The molecule has 1 fully saturated rings. The number of aryl methyl sites for hydroxylation is 1. The predicted molar refractivity (Wildman–Crippen MR) is 140 cm³/mol. The molecule has 3 aromatic carbocycles. The Bertz CT molecular complexity index is 1510. The van der Waals surface area contributed by atoms with Gasteiger partial charge in [-0.1, -0.05) is 18.2 Å². The minimum Gasteiger partial charge on any atom is -0.506 e. The van der Waals surface area contributed by atoms with Crippen molar-refractivity contribution in [2.45, 2.75) is 12.5 Å². The molecule has 35 heavy (non-hydrogen) atoms. The molecule has 0 saturated carbocycles. The second-order valence-corrected chi connectivity index (χ2v) is 9.52. The minimum absolute atomic E-state index is 0.0924. The number of carbonyl (C=O) groups is 1. The molecule has 2 aliphatic heterocycles. The summed E-state index contributed by atoms with van der Waals surface area (Å²) in [6, 6.07) is 21.4. The van der Waals surface area contributed by atoms with Gasteiger partial charge in [-0.3, -0.25) is 4.79 Å². The van der Waals surface area contributed by atoms with Crippen LogP contribution in [-0.2, 0) is 11.8 Å². The number of fused-ring (bicyclic) bond motifs is 2. The van der Waals surface area contributed by atoms with E-state index in [1.54, 1.807) is 6.07 Å². The predicted octanol–water partition coefficient (Wildman–Crippen LogP) is 5.34. The lowest BCUT2D eigenvalue weighted by molar-refractivity contribution is -0.112. The van der Waals surface area contributed by atoms with Gasteiger partial charge in [-0.25, -0.2) is 4.42 Å². The molecule has 1 unspecified atom stereocenters. The number of aliphatic hydroxyl groups is 2. The van der Waals surface area contributed by atoms with E-state index in [9.17, 15) is 15.0 Å². The number of rotatable bonds is 3. The van der Waals surface area contributed by atoms with Gasteiger partial charge in [0.15, 0.2) is 0 Å². The quantitative estimate of drug-likeness (QED) is 0.233. The number of benzene rings is 3. The zero-order valence-corrected chi connectivity index (χ0v) is 19.9. The van der Waals surface area contributed by atoms with Crippen molar-refractivity contribution in [3.05, 3.63) is 84.1 Å². The van der Waals surface area contributed by atoms with Crippen LogP contribution in [-0.4, -0.2) is 39.9 Å². The van der Waals surface area contributed by atoms with Crippen LogP contribution in [0.15, 0.2) is 72.9 Å². The summed E-state index contributed by atoms with van der Waals surface area (Å²) < 4.78 is 3.07. The maximum absolute atomic E-state index is 13.1. The lowest BCUT2D eigenvalue weighted by Crippen LogP contribution is -2.20. The third-order valence-electron chi connectivity index (χ3n) is 6.99. The van der Waals surface area contributed by atoms with Gasteiger partial charge >= 0.3 is 0 Å². The molecule has 6 nitrogen and oxygen atoms in total. The fourth-order valence-electron chi connectivity index (χ4n) is 5.05. The Kier molecular flexibility index (Phi) is 5.09. The van der Waals surface area contributed by atoms with Crippen molar-refractivity contribution in [2.24, 2.45) is 7.05 Å². The number of amides is 1. The number of nitrogens with zero attached hydrogens (tertiary/aromatic N) is 3. The third-order valence-corrected chi connectivity index (χ3v) is 7.33. The van der Waals surface area contributed by atoms with Crippen LogP contribution in [0.3, 0.4) is 0 Å². The Morgan fingerprint density at radius 2 is 1.77 bits per heavy atom. The largest absolute Gasteiger partial charge is 0.506 e. The van der Waals surface area contributed by atoms with Gasteiger partial charge in [0.2, 0.25) is 0 Å². The summed E-state index contributed by atoms with van der Waals surface area (Å²) in [5.74, 6) is -0.544. The van der Waals surface area contributed by atoms with Gasteiger partial charge in [0.1, 0.15) is 5.76 Å². The first-order valence-corrected chi connectivity index (χ1v) is 11.9. The molecule has 0 radical (unpaired) electrons. The van der Waals surface area contributed by atoms with Gasteiger partial charge in [0.05, 0.1) is 17.4 Å². The SMILES string of the molecule is Cn1ccc2cc(C(O)=C3C(=O)N(Cl)c4ccc(-c5ccc(N6CCC(O)C6)cc5)cc43)ccc21. The fourth-order valence-corrected chi connectivity index (χ4v) is 5.28. The van der Waals surface area contributed by atoms with E-state index in [2.05, 4.69) is 4.90 Å². The lowest BCUT2D eigenvalue weighted by atomic mass is 9.97. The number of aromatic nitrogens is 1. The van der Waals surface area contributed by atoms with Crippen molar-refractivity contribution in [1.29, 1.82) is 0 Å². The van der Waals surface area contributed by atoms with Crippen LogP contribution in [0.1, 0.15) is 17.5 Å². The molecule has 176 valence electrons. The highest BCUT2D eigenvalue weighted by atomic mass is 35.5. The van der Waals surface area contributed by atoms with Crippen LogP contribution < -0.4 is 9.32 Å². The fraction of sp³-hybridized carbons (Fsp3) is 0.179. The molecule has 1 atom stereocenters. The summed E-state index contributed by atoms with van der Waals surface area (Å²) in [5, 5.41) is 22.0. The third kappa shape index (κ3) is 3.57. The maximum atomic E-state index is 13.1. The molecular formula is C28H24ClN3O3. The van der Waals surface area contributed by atoms with E-state index < -0.39 is 5.91 Å². The molecule has 1 aromatic heterocycles. The van der Waals surface area contributed by atoms with Crippen molar-refractivity contribution < 1.29 is 15.0 Å². The smallest absolute Gasteiger partial charge is 0.277 e. The highest BCUT2D eigenvalue weighted by Gasteiger charge is 2.35. The first kappa shape index (κ1) is 21.8. The molecule has 4 aromatic rings. The maximum Gasteiger partial charge on any atom is 0.277 e. The van der Waals surface area contributed by atoms with Crippen molar-refractivity contribution in [3.8, 4) is 11.1 Å². The number of anilines is 2. The van der Waals surface area contributed by atoms with Crippen LogP contribution in [0.5, 0.6) is 0 Å². The van der Waals surface area contributed by atoms with E-state index in [4.69, 9.17) is 11.8 Å². The summed E-state index contributed by atoms with van der Waals surface area (Å²) in [6.07, 6.45) is 2.46. The van der Waals surface area contributed by atoms with Crippen molar-refractivity contribution in [2.75, 3.05) is 22.4 Å². The van der Waals surface area contributed by atoms with E-state index >= 15 is 0 Å². The van der Waals surface area contributed by atoms with Gasteiger partial charge in [-0.15, -0.1) is 0 Å². The minimum atomic E-state index is -0.451. The molecule has 6 rings (SSSR count). The van der Waals surface area contributed by atoms with Crippen LogP contribution in [0.25, 0.3) is 33.4 Å². The van der Waals surface area contributed by atoms with E-state index in [-0.39, 0.29) is 17.4 Å². The van der Waals surface area contributed by atoms with Gasteiger partial charge < -0.3 is 19.7 Å². The van der Waals surface area contributed by atoms with Gasteiger partial charge in [0, 0.05) is 65.8 Å². The lowest BCUT2D eigenvalue weighted by Gasteiger charge is -2.18. The van der Waals surface area contributed by atoms with Crippen molar-refractivity contribution in [3.63, 3.8) is 0 Å². The summed E-state index contributed by atoms with van der Waals surface area (Å²) in [7, 11) is 1.96. The van der Waals surface area contributed by atoms with Crippen molar-refractivity contribution in [1.82, 2.24) is 4.57 Å². The normalized spacial score (nSPS) is 19.1. The van der Waals surface area contributed by atoms with Crippen molar-refractivity contribution >= 4 is 51.3 Å². The summed E-state index contributed by atoms with van der Waals surface area (Å²) in [6.45, 7) is 1.49. The molecule has 2 N–H and O–H groups in total. The van der Waals surface area contributed by atoms with Crippen LogP contribution >= 0.6 is 11.8 Å². The number of hydrogen-bond acceptors (Lipinski definition) is 4. The Morgan fingerprint density at radius 1 is 1.00 bits per heavy atom. The zero-order valence-electron chi connectivity index (χ0n) is 19.1. The highest BCUT2D eigenvalue weighted by Crippen LogP contribution is 2.43. The second kappa shape index (κ2) is 8.18. The molecule has 0 bridgehead atoms. The Hall–Kier alpha value is -3.74. The molecule has 0 spiro atoms. The van der Waals surface area contributed by atoms with E-state index in [1.807, 2.05) is 78.5 Å². The summed E-state index contributed by atoms with van der Waals surface area (Å²) in [4.78, 5) is 15.2. The molecular weight excluding hydrogens is 462 g/mol. The highest BCUT2D eigenvalue weighted by molar-refractivity contribution is 6.51. The second-order valence-electron chi connectivity index (χ2n) is 9.18. The topological polar surface area (TPSA) is 68.9 Å². The van der Waals surface area contributed by atoms with E-state index in [0.717, 1.165) is 45.1 Å². The standard InChI is InChI=1S/C28H24ClN3O3/c1-30-12-10-19-14-20(5-8-24(19)30)27(34)26-23-15-18(4-9-25(23)32(29)28(26)35)17-2-6-21(7-3-17)31-13-11-22(33)16-31/h2-10,12,14-15,22,33-34H,11,13,16H2,1H3. The average molecular weight is 486 g/mol. The first-order chi connectivity index (χ1) is 16.9. The Labute approximate surface area is 208 Å². The van der Waals surface area contributed by atoms with Gasteiger partial charge in [0.25, 0.3) is 5.91 Å². The van der Waals surface area contributed by atoms with E-state index in [1.165, 1.54) is 0 Å².